The van der Waals surface area contributed by atoms with Gasteiger partial charge in [0, 0.05) is 38.1 Å². The van der Waals surface area contributed by atoms with E-state index >= 15 is 0 Å². The number of carbonyl (C=O) groups excluding carboxylic acids is 3. The number of amides is 4. The van der Waals surface area contributed by atoms with Crippen LogP contribution in [0.15, 0.2) is 30.3 Å². The normalized spacial score (nSPS) is 21.8. The molecule has 2 saturated heterocycles. The molecule has 0 aromatic heterocycles. The van der Waals surface area contributed by atoms with Gasteiger partial charge in [-0.3, -0.25) is 9.59 Å². The highest BCUT2D eigenvalue weighted by molar-refractivity contribution is 5.89. The van der Waals surface area contributed by atoms with Crippen molar-refractivity contribution in [3.8, 4) is 0 Å². The summed E-state index contributed by atoms with van der Waals surface area (Å²) in [5, 5.41) is 6.37. The summed E-state index contributed by atoms with van der Waals surface area (Å²) in [7, 11) is 0. The lowest BCUT2D eigenvalue weighted by Crippen LogP contribution is -2.53. The summed E-state index contributed by atoms with van der Waals surface area (Å²) >= 11 is 0. The Labute approximate surface area is 190 Å². The van der Waals surface area contributed by atoms with E-state index in [9.17, 15) is 14.4 Å². The summed E-state index contributed by atoms with van der Waals surface area (Å²) < 4.78 is 0. The summed E-state index contributed by atoms with van der Waals surface area (Å²) in [6.07, 6.45) is 9.61. The zero-order valence-corrected chi connectivity index (χ0v) is 18.9. The molecule has 2 N–H and O–H groups in total. The number of nitrogens with one attached hydrogen (secondary N) is 2. The fraction of sp³-hybridized carbons (Fsp3) is 0.640. The first kappa shape index (κ1) is 22.6. The highest BCUT2D eigenvalue weighted by Crippen LogP contribution is 2.26. The Balaban J connectivity index is 1.33. The molecule has 32 heavy (non-hydrogen) atoms. The molecule has 2 heterocycles. The third-order valence-corrected chi connectivity index (χ3v) is 7.10. The first-order valence-electron chi connectivity index (χ1n) is 12.3. The van der Waals surface area contributed by atoms with E-state index < -0.39 is 6.04 Å². The van der Waals surface area contributed by atoms with Crippen LogP contribution in [0.3, 0.4) is 0 Å². The summed E-state index contributed by atoms with van der Waals surface area (Å²) in [4.78, 5) is 42.1. The molecular formula is C25H36N4O3. The maximum atomic E-state index is 13.3. The largest absolute Gasteiger partial charge is 0.351 e. The van der Waals surface area contributed by atoms with Gasteiger partial charge >= 0.3 is 6.03 Å². The minimum atomic E-state index is -0.586. The first-order valence-corrected chi connectivity index (χ1v) is 12.3. The highest BCUT2D eigenvalue weighted by Gasteiger charge is 2.34. The van der Waals surface area contributed by atoms with Crippen LogP contribution in [0.5, 0.6) is 0 Å². The SMILES string of the molecule is O=C(NC1CCN(C(=O)NC2CCCCC2)CC1)C(c1ccccc1)N1CCCCC1=O. The van der Waals surface area contributed by atoms with Gasteiger partial charge in [-0.25, -0.2) is 4.79 Å². The average Bonchev–Trinajstić information content (AvgIpc) is 2.82. The summed E-state index contributed by atoms with van der Waals surface area (Å²) in [6.45, 7) is 1.90. The van der Waals surface area contributed by atoms with E-state index in [0.29, 0.717) is 32.1 Å². The molecule has 1 aromatic carbocycles. The van der Waals surface area contributed by atoms with Gasteiger partial charge in [0.05, 0.1) is 0 Å². The fourth-order valence-corrected chi connectivity index (χ4v) is 5.23. The summed E-state index contributed by atoms with van der Waals surface area (Å²) in [5.74, 6) is -0.0639. The molecule has 1 aromatic rings. The average molecular weight is 441 g/mol. The first-order chi connectivity index (χ1) is 15.6. The molecule has 1 unspecified atom stereocenters. The van der Waals surface area contributed by atoms with Crippen LogP contribution in [0.1, 0.15) is 75.8 Å². The number of carbonyl (C=O) groups is 3. The molecule has 0 radical (unpaired) electrons. The van der Waals surface area contributed by atoms with Crippen molar-refractivity contribution in [1.29, 1.82) is 0 Å². The third-order valence-electron chi connectivity index (χ3n) is 7.10. The quantitative estimate of drug-likeness (QED) is 0.737. The third kappa shape index (κ3) is 5.61. The van der Waals surface area contributed by atoms with E-state index in [1.54, 1.807) is 4.90 Å². The monoisotopic (exact) mass is 440 g/mol. The molecule has 7 heteroatoms. The van der Waals surface area contributed by atoms with Crippen molar-refractivity contribution in [2.75, 3.05) is 19.6 Å². The number of benzene rings is 1. The summed E-state index contributed by atoms with van der Waals surface area (Å²) in [5.41, 5.74) is 0.851. The maximum Gasteiger partial charge on any atom is 0.317 e. The van der Waals surface area contributed by atoms with Crippen molar-refractivity contribution < 1.29 is 14.4 Å². The predicted molar refractivity (Wildman–Crippen MR) is 123 cm³/mol. The van der Waals surface area contributed by atoms with Gasteiger partial charge in [0.15, 0.2) is 0 Å². The molecule has 2 aliphatic heterocycles. The molecule has 3 fully saturated rings. The van der Waals surface area contributed by atoms with E-state index in [4.69, 9.17) is 0 Å². The Morgan fingerprint density at radius 3 is 2.19 bits per heavy atom. The van der Waals surface area contributed by atoms with Gasteiger partial charge in [-0.2, -0.15) is 0 Å². The van der Waals surface area contributed by atoms with Crippen LogP contribution in [0.2, 0.25) is 0 Å². The Hall–Kier alpha value is -2.57. The number of urea groups is 1. The van der Waals surface area contributed by atoms with Gasteiger partial charge in [0.2, 0.25) is 11.8 Å². The van der Waals surface area contributed by atoms with Gasteiger partial charge < -0.3 is 20.4 Å². The Morgan fingerprint density at radius 2 is 1.50 bits per heavy atom. The summed E-state index contributed by atoms with van der Waals surface area (Å²) in [6, 6.07) is 9.36. The van der Waals surface area contributed by atoms with Crippen LogP contribution in [0.4, 0.5) is 4.79 Å². The van der Waals surface area contributed by atoms with Gasteiger partial charge in [-0.1, -0.05) is 49.6 Å². The van der Waals surface area contributed by atoms with Crippen LogP contribution < -0.4 is 10.6 Å². The maximum absolute atomic E-state index is 13.3. The van der Waals surface area contributed by atoms with Crippen LogP contribution in [0.25, 0.3) is 0 Å². The lowest BCUT2D eigenvalue weighted by molar-refractivity contribution is -0.143. The second-order valence-corrected chi connectivity index (χ2v) is 9.41. The highest BCUT2D eigenvalue weighted by atomic mass is 16.2. The predicted octanol–water partition coefficient (Wildman–Crippen LogP) is 3.36. The van der Waals surface area contributed by atoms with E-state index in [1.807, 2.05) is 35.2 Å². The van der Waals surface area contributed by atoms with E-state index in [-0.39, 0.29) is 23.9 Å². The molecule has 1 atom stereocenters. The minimum Gasteiger partial charge on any atom is -0.351 e. The molecule has 7 nitrogen and oxygen atoms in total. The molecule has 0 bridgehead atoms. The van der Waals surface area contributed by atoms with Crippen molar-refractivity contribution in [2.45, 2.75) is 82.3 Å². The Kier molecular flexibility index (Phi) is 7.66. The molecule has 1 saturated carbocycles. The number of rotatable bonds is 5. The molecule has 0 spiro atoms. The van der Waals surface area contributed by atoms with Crippen LogP contribution >= 0.6 is 0 Å². The van der Waals surface area contributed by atoms with Crippen molar-refractivity contribution in [2.24, 2.45) is 0 Å². The molecule has 4 rings (SSSR count). The van der Waals surface area contributed by atoms with Gasteiger partial charge in [-0.05, 0) is 44.1 Å². The number of likely N-dealkylation sites (tertiary alicyclic amines) is 2. The standard InChI is InChI=1S/C25H36N4O3/c30-22-13-7-8-16-29(22)23(19-9-3-1-4-10-19)24(31)26-21-14-17-28(18-15-21)25(32)27-20-11-5-2-6-12-20/h1,3-4,9-10,20-21,23H,2,5-8,11-18H2,(H,26,31)(H,27,32). The molecule has 1 aliphatic carbocycles. The van der Waals surface area contributed by atoms with E-state index in [2.05, 4.69) is 10.6 Å². The van der Waals surface area contributed by atoms with Gasteiger partial charge in [0.1, 0.15) is 6.04 Å². The van der Waals surface area contributed by atoms with E-state index in [1.165, 1.54) is 19.3 Å². The lowest BCUT2D eigenvalue weighted by atomic mass is 9.95. The lowest BCUT2D eigenvalue weighted by Gasteiger charge is -2.37. The van der Waals surface area contributed by atoms with Crippen molar-refractivity contribution in [3.63, 3.8) is 0 Å². The number of hydrogen-bond acceptors (Lipinski definition) is 3. The minimum absolute atomic E-state index is 0.0207. The second kappa shape index (κ2) is 10.8. The Bertz CT molecular complexity index is 786. The number of piperidine rings is 2. The molecule has 3 aliphatic rings. The van der Waals surface area contributed by atoms with Gasteiger partial charge in [0.25, 0.3) is 0 Å². The van der Waals surface area contributed by atoms with Crippen molar-refractivity contribution in [1.82, 2.24) is 20.4 Å². The molecule has 4 amide bonds. The number of nitrogens with zero attached hydrogens (tertiary/aromatic N) is 2. The van der Waals surface area contributed by atoms with Crippen molar-refractivity contribution in [3.05, 3.63) is 35.9 Å². The van der Waals surface area contributed by atoms with E-state index in [0.717, 1.165) is 44.1 Å². The fourth-order valence-electron chi connectivity index (χ4n) is 5.23. The van der Waals surface area contributed by atoms with Gasteiger partial charge in [-0.15, -0.1) is 0 Å². The molecular weight excluding hydrogens is 404 g/mol. The Morgan fingerprint density at radius 1 is 0.812 bits per heavy atom. The smallest absolute Gasteiger partial charge is 0.317 e. The zero-order chi connectivity index (χ0) is 22.3. The zero-order valence-electron chi connectivity index (χ0n) is 18.9. The van der Waals surface area contributed by atoms with Crippen molar-refractivity contribution >= 4 is 17.8 Å². The van der Waals surface area contributed by atoms with Crippen LogP contribution in [-0.4, -0.2) is 59.4 Å². The number of hydrogen-bond donors (Lipinski definition) is 2. The van der Waals surface area contributed by atoms with Crippen LogP contribution in [0, 0.1) is 0 Å². The topological polar surface area (TPSA) is 81.8 Å². The van der Waals surface area contributed by atoms with Crippen LogP contribution in [-0.2, 0) is 9.59 Å². The second-order valence-electron chi connectivity index (χ2n) is 9.41. The molecule has 174 valence electrons.